The van der Waals surface area contributed by atoms with Crippen molar-refractivity contribution >= 4 is 17.5 Å². The summed E-state index contributed by atoms with van der Waals surface area (Å²) >= 11 is 0. The van der Waals surface area contributed by atoms with Crippen molar-refractivity contribution in [2.45, 2.75) is 38.5 Å². The normalized spacial score (nSPS) is 29.8. The molecule has 0 unspecified atom stereocenters. The number of piperidine rings is 1. The van der Waals surface area contributed by atoms with E-state index in [4.69, 9.17) is 9.47 Å². The molecule has 4 aliphatic rings. The number of likely N-dealkylation sites (tertiary alicyclic amines) is 1. The molecule has 6 heteroatoms. The van der Waals surface area contributed by atoms with E-state index in [1.165, 1.54) is 25.7 Å². The van der Waals surface area contributed by atoms with Gasteiger partial charge in [0.2, 0.25) is 18.6 Å². The highest BCUT2D eigenvalue weighted by Gasteiger charge is 2.40. The van der Waals surface area contributed by atoms with Crippen molar-refractivity contribution in [1.82, 2.24) is 4.90 Å². The third-order valence-electron chi connectivity index (χ3n) is 6.74. The first-order valence-electron chi connectivity index (χ1n) is 10.2. The van der Waals surface area contributed by atoms with Gasteiger partial charge < -0.3 is 19.3 Å². The Bertz CT molecular complexity index is 765. The largest absolute Gasteiger partial charge is 0.454 e. The van der Waals surface area contributed by atoms with E-state index in [2.05, 4.69) is 0 Å². The Hall–Kier alpha value is -2.24. The first kappa shape index (κ1) is 16.9. The summed E-state index contributed by atoms with van der Waals surface area (Å²) < 4.78 is 10.8. The van der Waals surface area contributed by atoms with Gasteiger partial charge in [0.1, 0.15) is 0 Å². The number of ether oxygens (including phenoxy) is 2. The summed E-state index contributed by atoms with van der Waals surface area (Å²) in [6, 6.07) is 5.53. The van der Waals surface area contributed by atoms with E-state index in [0.29, 0.717) is 30.4 Å². The maximum atomic E-state index is 13.1. The monoisotopic (exact) mass is 370 g/mol. The smallest absolute Gasteiger partial charge is 0.231 e. The molecule has 2 amide bonds. The molecule has 1 aliphatic carbocycles. The van der Waals surface area contributed by atoms with Crippen LogP contribution in [0, 0.1) is 17.8 Å². The molecular weight excluding hydrogens is 344 g/mol. The summed E-state index contributed by atoms with van der Waals surface area (Å²) in [5.41, 5.74) is 0.783. The molecule has 27 heavy (non-hydrogen) atoms. The minimum Gasteiger partial charge on any atom is -0.454 e. The van der Waals surface area contributed by atoms with Crippen molar-refractivity contribution in [3.63, 3.8) is 0 Å². The zero-order valence-corrected chi connectivity index (χ0v) is 15.6. The van der Waals surface area contributed by atoms with Gasteiger partial charge in [-0.15, -0.1) is 0 Å². The summed E-state index contributed by atoms with van der Waals surface area (Å²) in [6.45, 7) is 2.42. The maximum Gasteiger partial charge on any atom is 0.231 e. The summed E-state index contributed by atoms with van der Waals surface area (Å²) in [6.07, 6.45) is 6.65. The second-order valence-electron chi connectivity index (χ2n) is 8.32. The highest BCUT2D eigenvalue weighted by molar-refractivity contribution is 6.00. The fourth-order valence-corrected chi connectivity index (χ4v) is 5.23. The SMILES string of the molecule is O=C([C@@H]1CC(=O)N(c2ccc3c(c2)OCO3)C1)N1CC[C@H]2CCCC[C@H]2C1. The Kier molecular flexibility index (Phi) is 4.21. The van der Waals surface area contributed by atoms with Crippen LogP contribution >= 0.6 is 0 Å². The van der Waals surface area contributed by atoms with Crippen LogP contribution < -0.4 is 14.4 Å². The van der Waals surface area contributed by atoms with Crippen LogP contribution in [0.2, 0.25) is 0 Å². The van der Waals surface area contributed by atoms with Crippen LogP contribution in [-0.2, 0) is 9.59 Å². The van der Waals surface area contributed by atoms with Gasteiger partial charge in [-0.2, -0.15) is 0 Å². The first-order chi connectivity index (χ1) is 13.2. The van der Waals surface area contributed by atoms with Gasteiger partial charge in [-0.25, -0.2) is 0 Å². The summed E-state index contributed by atoms with van der Waals surface area (Å²) in [5, 5.41) is 0. The van der Waals surface area contributed by atoms with Crippen molar-refractivity contribution in [3.05, 3.63) is 18.2 Å². The Morgan fingerprint density at radius 3 is 2.70 bits per heavy atom. The van der Waals surface area contributed by atoms with Gasteiger partial charge in [-0.3, -0.25) is 9.59 Å². The minimum absolute atomic E-state index is 0.0137. The third kappa shape index (κ3) is 3.05. The Morgan fingerprint density at radius 1 is 1.00 bits per heavy atom. The lowest BCUT2D eigenvalue weighted by Crippen LogP contribution is -2.47. The lowest BCUT2D eigenvalue weighted by atomic mass is 9.75. The van der Waals surface area contributed by atoms with Gasteiger partial charge in [0.25, 0.3) is 0 Å². The number of amides is 2. The standard InChI is InChI=1S/C21H26N2O4/c24-20-9-16(12-23(20)17-5-6-18-19(10-17)27-13-26-18)21(25)22-8-7-14-3-1-2-4-15(14)11-22/h5-6,10,14-16H,1-4,7-9,11-13H2/t14-,15+,16-/m1/s1. The van der Waals surface area contributed by atoms with E-state index < -0.39 is 0 Å². The van der Waals surface area contributed by atoms with E-state index >= 15 is 0 Å². The van der Waals surface area contributed by atoms with Gasteiger partial charge in [-0.05, 0) is 36.8 Å². The molecule has 3 aliphatic heterocycles. The van der Waals surface area contributed by atoms with Gasteiger partial charge >= 0.3 is 0 Å². The molecule has 3 atom stereocenters. The molecule has 2 saturated heterocycles. The minimum atomic E-state index is -0.233. The van der Waals surface area contributed by atoms with E-state index in [-0.39, 0.29) is 24.5 Å². The van der Waals surface area contributed by atoms with E-state index in [9.17, 15) is 9.59 Å². The zero-order chi connectivity index (χ0) is 18.4. The second-order valence-corrected chi connectivity index (χ2v) is 8.32. The van der Waals surface area contributed by atoms with Crippen LogP contribution in [0.3, 0.4) is 0 Å². The first-order valence-corrected chi connectivity index (χ1v) is 10.2. The summed E-state index contributed by atoms with van der Waals surface area (Å²) in [7, 11) is 0. The molecule has 3 fully saturated rings. The molecule has 5 rings (SSSR count). The molecule has 1 aromatic rings. The van der Waals surface area contributed by atoms with Crippen molar-refractivity contribution in [2.24, 2.45) is 17.8 Å². The van der Waals surface area contributed by atoms with Crippen LogP contribution in [0.4, 0.5) is 5.69 Å². The number of carbonyl (C=O) groups excluding carboxylic acids is 2. The second kappa shape index (κ2) is 6.73. The molecule has 0 bridgehead atoms. The summed E-state index contributed by atoms with van der Waals surface area (Å²) in [4.78, 5) is 29.4. The number of hydrogen-bond acceptors (Lipinski definition) is 4. The molecule has 1 saturated carbocycles. The molecule has 3 heterocycles. The van der Waals surface area contributed by atoms with Crippen LogP contribution in [-0.4, -0.2) is 43.1 Å². The third-order valence-corrected chi connectivity index (χ3v) is 6.74. The molecule has 1 aromatic carbocycles. The Labute approximate surface area is 159 Å². The van der Waals surface area contributed by atoms with E-state index in [1.807, 2.05) is 23.1 Å². The van der Waals surface area contributed by atoms with Crippen molar-refractivity contribution in [3.8, 4) is 11.5 Å². The van der Waals surface area contributed by atoms with Gasteiger partial charge in [0, 0.05) is 37.8 Å². The molecule has 0 N–H and O–H groups in total. The Balaban J connectivity index is 1.27. The van der Waals surface area contributed by atoms with Crippen LogP contribution in [0.15, 0.2) is 18.2 Å². The average Bonchev–Trinajstić information content (AvgIpc) is 3.32. The number of rotatable bonds is 2. The quantitative estimate of drug-likeness (QED) is 0.803. The lowest BCUT2D eigenvalue weighted by molar-refractivity contribution is -0.138. The highest BCUT2D eigenvalue weighted by Crippen LogP contribution is 2.39. The fraction of sp³-hybridized carbons (Fsp3) is 0.619. The number of hydrogen-bond donors (Lipinski definition) is 0. The predicted octanol–water partition coefficient (Wildman–Crippen LogP) is 2.81. The number of anilines is 1. The number of carbonyl (C=O) groups is 2. The molecule has 0 radical (unpaired) electrons. The van der Waals surface area contributed by atoms with E-state index in [1.54, 1.807) is 4.90 Å². The highest BCUT2D eigenvalue weighted by atomic mass is 16.7. The van der Waals surface area contributed by atoms with Crippen LogP contribution in [0.5, 0.6) is 11.5 Å². The fourth-order valence-electron chi connectivity index (χ4n) is 5.23. The zero-order valence-electron chi connectivity index (χ0n) is 15.6. The lowest BCUT2D eigenvalue weighted by Gasteiger charge is -2.42. The molecule has 0 spiro atoms. The summed E-state index contributed by atoms with van der Waals surface area (Å²) in [5.74, 6) is 2.78. The van der Waals surface area contributed by atoms with Gasteiger partial charge in [0.15, 0.2) is 11.5 Å². The molecule has 0 aromatic heterocycles. The molecular formula is C21H26N2O4. The topological polar surface area (TPSA) is 59.1 Å². The van der Waals surface area contributed by atoms with Crippen molar-refractivity contribution in [1.29, 1.82) is 0 Å². The molecule has 144 valence electrons. The number of nitrogens with zero attached hydrogens (tertiary/aromatic N) is 2. The Morgan fingerprint density at radius 2 is 1.81 bits per heavy atom. The maximum absolute atomic E-state index is 13.1. The van der Waals surface area contributed by atoms with Crippen molar-refractivity contribution in [2.75, 3.05) is 31.3 Å². The number of fused-ring (bicyclic) bond motifs is 2. The van der Waals surface area contributed by atoms with Crippen LogP contribution in [0.25, 0.3) is 0 Å². The van der Waals surface area contributed by atoms with E-state index in [0.717, 1.165) is 31.1 Å². The average molecular weight is 370 g/mol. The number of benzene rings is 1. The van der Waals surface area contributed by atoms with Gasteiger partial charge in [0.05, 0.1) is 5.92 Å². The van der Waals surface area contributed by atoms with Crippen molar-refractivity contribution < 1.29 is 19.1 Å². The molecule has 6 nitrogen and oxygen atoms in total. The predicted molar refractivity (Wildman–Crippen MR) is 99.7 cm³/mol. The van der Waals surface area contributed by atoms with Crippen LogP contribution in [0.1, 0.15) is 38.5 Å². The van der Waals surface area contributed by atoms with Gasteiger partial charge in [-0.1, -0.05) is 19.3 Å².